The number of benzene rings is 3. The average molecular weight is 735 g/mol. The second-order valence-corrected chi connectivity index (χ2v) is 12.2. The van der Waals surface area contributed by atoms with Gasteiger partial charge in [0.15, 0.2) is 0 Å². The van der Waals surface area contributed by atoms with Gasteiger partial charge in [0.05, 0.1) is 37.6 Å². The first-order valence-electron chi connectivity index (χ1n) is 17.3. The van der Waals surface area contributed by atoms with Crippen molar-refractivity contribution in [3.8, 4) is 0 Å². The molecule has 2 aliphatic heterocycles. The molecule has 2 heterocycles. The zero-order valence-electron chi connectivity index (χ0n) is 30.0. The summed E-state index contributed by atoms with van der Waals surface area (Å²) in [4.78, 5) is 49.2. The molecule has 0 aliphatic carbocycles. The number of β-amino-alcohol motifs (C(OH)–C–C–N with tert-alkyl or cyclic N) is 1. The molecular formula is C39H45F3N6O5. The van der Waals surface area contributed by atoms with Crippen LogP contribution in [0.5, 0.6) is 0 Å². The number of aliphatic hydroxyl groups excluding tert-OH is 1. The minimum absolute atomic E-state index is 0.128. The zero-order chi connectivity index (χ0) is 38.7. The van der Waals surface area contributed by atoms with Crippen LogP contribution in [-0.2, 0) is 20.5 Å². The van der Waals surface area contributed by atoms with Crippen molar-refractivity contribution in [3.63, 3.8) is 0 Å². The number of amidine groups is 1. The summed E-state index contributed by atoms with van der Waals surface area (Å²) in [5, 5.41) is 15.5. The van der Waals surface area contributed by atoms with Crippen LogP contribution in [0, 0.1) is 0 Å². The van der Waals surface area contributed by atoms with Crippen molar-refractivity contribution in [2.45, 2.75) is 38.9 Å². The molecule has 2 saturated heterocycles. The van der Waals surface area contributed by atoms with E-state index in [1.807, 2.05) is 13.8 Å². The Kier molecular flexibility index (Phi) is 14.1. The van der Waals surface area contributed by atoms with E-state index in [9.17, 15) is 32.7 Å². The number of allylic oxidation sites excluding steroid dienone is 1. The maximum Gasteiger partial charge on any atom is 0.416 e. The summed E-state index contributed by atoms with van der Waals surface area (Å²) >= 11 is 0. The normalized spacial score (nSPS) is 19.6. The maximum absolute atomic E-state index is 14.4. The molecule has 3 amide bonds. The van der Waals surface area contributed by atoms with Crippen molar-refractivity contribution in [2.75, 3.05) is 51.3 Å². The molecule has 5 N–H and O–H groups in total. The minimum atomic E-state index is -4.70. The molecule has 3 aromatic rings. The Morgan fingerprint density at radius 1 is 1.02 bits per heavy atom. The predicted molar refractivity (Wildman–Crippen MR) is 197 cm³/mol. The van der Waals surface area contributed by atoms with E-state index in [0.717, 1.165) is 12.1 Å². The molecule has 0 spiro atoms. The van der Waals surface area contributed by atoms with Crippen LogP contribution in [0.3, 0.4) is 0 Å². The second-order valence-electron chi connectivity index (χ2n) is 12.2. The first-order valence-corrected chi connectivity index (χ1v) is 17.3. The van der Waals surface area contributed by atoms with Gasteiger partial charge in [-0.05, 0) is 55.0 Å². The number of carbonyl (C=O) groups is 3. The third-order valence-electron chi connectivity index (χ3n) is 8.49. The fourth-order valence-corrected chi connectivity index (χ4v) is 6.04. The van der Waals surface area contributed by atoms with E-state index in [1.165, 1.54) is 11.0 Å². The van der Waals surface area contributed by atoms with Crippen molar-refractivity contribution in [1.29, 1.82) is 0 Å². The lowest BCUT2D eigenvalue weighted by atomic mass is 9.78. The average Bonchev–Trinajstić information content (AvgIpc) is 3.15. The number of nitrogens with one attached hydrogen (secondary N) is 2. The third-order valence-corrected chi connectivity index (χ3v) is 8.49. The van der Waals surface area contributed by atoms with Gasteiger partial charge in [0.2, 0.25) is 0 Å². The van der Waals surface area contributed by atoms with Gasteiger partial charge >= 0.3 is 6.18 Å². The summed E-state index contributed by atoms with van der Waals surface area (Å²) in [5.74, 6) is -2.93. The van der Waals surface area contributed by atoms with Gasteiger partial charge in [0, 0.05) is 53.6 Å². The molecule has 0 bridgehead atoms. The summed E-state index contributed by atoms with van der Waals surface area (Å²) in [6, 6.07) is 17.8. The number of alkyl halides is 3. The first-order chi connectivity index (χ1) is 25.4. The lowest BCUT2D eigenvalue weighted by Crippen LogP contribution is -2.59. The molecule has 11 nitrogen and oxygen atoms in total. The molecule has 282 valence electrons. The molecule has 2 aliphatic rings. The van der Waals surface area contributed by atoms with E-state index in [1.54, 1.807) is 61.5 Å². The summed E-state index contributed by atoms with van der Waals surface area (Å²) in [7, 11) is 0. The first kappa shape index (κ1) is 40.5. The molecule has 0 radical (unpaired) electrons. The smallest absolute Gasteiger partial charge is 0.402 e. The topological polar surface area (TPSA) is 150 Å². The highest BCUT2D eigenvalue weighted by Crippen LogP contribution is 2.38. The summed E-state index contributed by atoms with van der Waals surface area (Å²) in [6.45, 7) is 11.7. The zero-order valence-corrected chi connectivity index (χ0v) is 30.0. The van der Waals surface area contributed by atoms with E-state index in [2.05, 4.69) is 22.1 Å². The molecule has 2 atom stereocenters. The highest BCUT2D eigenvalue weighted by Gasteiger charge is 2.46. The van der Waals surface area contributed by atoms with Gasteiger partial charge < -0.3 is 26.2 Å². The van der Waals surface area contributed by atoms with Crippen LogP contribution in [0.1, 0.15) is 48.2 Å². The summed E-state index contributed by atoms with van der Waals surface area (Å²) in [6.07, 6.45) is -4.70. The van der Waals surface area contributed by atoms with E-state index in [-0.39, 0.29) is 23.6 Å². The highest BCUT2D eigenvalue weighted by atomic mass is 19.4. The Morgan fingerprint density at radius 2 is 1.70 bits per heavy atom. The van der Waals surface area contributed by atoms with Gasteiger partial charge in [0.25, 0.3) is 17.7 Å². The number of carbonyl (C=O) groups excluding carboxylic acids is 3. The number of morpholine rings is 1. The standard InChI is InChI=1S/C37H39F3N6O5.C2H6/c1-23(22-45-15-18-51-19-16-45)34(48)43-29-13-7-8-25(21-29)31-30(24(2)41)33(42-28-11-4-3-5-12-28)46(14-17-47)36(50)32(31)44-35(49)26-9-6-10-27(20-26)37(38,39)40;1-2/h3-13,20-21,31-32,47H,1,14-19,22,41H2,2H3,(H,43,48)(H,44,49);1-2H3/b30-24-,42-33?;. The van der Waals surface area contributed by atoms with Crippen LogP contribution in [0.15, 0.2) is 107 Å². The van der Waals surface area contributed by atoms with Crippen LogP contribution >= 0.6 is 0 Å². The number of likely N-dealkylation sites (tertiary alicyclic amines) is 1. The molecule has 0 aromatic heterocycles. The fraction of sp³-hybridized carbons (Fsp3) is 0.333. The lowest BCUT2D eigenvalue weighted by molar-refractivity contribution is -0.137. The molecule has 2 fully saturated rings. The molecular weight excluding hydrogens is 689 g/mol. The van der Waals surface area contributed by atoms with Crippen LogP contribution in [0.2, 0.25) is 0 Å². The SMILES string of the molecule is C=C(CN1CCOCC1)C(=O)Nc1cccc(C2/C(=C(\C)N)C(=Nc3ccccc3)N(CCO)C(=O)C2NC(=O)c2cccc(C(F)(F)F)c2)c1.CC. The summed E-state index contributed by atoms with van der Waals surface area (Å²) < 4.78 is 46.0. The van der Waals surface area contributed by atoms with Gasteiger partial charge in [-0.15, -0.1) is 0 Å². The number of hydrogen-bond donors (Lipinski definition) is 4. The van der Waals surface area contributed by atoms with Gasteiger partial charge in [-0.3, -0.25) is 24.2 Å². The molecule has 3 aromatic carbocycles. The van der Waals surface area contributed by atoms with E-state index >= 15 is 0 Å². The Morgan fingerprint density at radius 3 is 2.34 bits per heavy atom. The number of aliphatic imine (C=N–C) groups is 1. The minimum Gasteiger partial charge on any atom is -0.402 e. The highest BCUT2D eigenvalue weighted by molar-refractivity contribution is 6.16. The molecule has 53 heavy (non-hydrogen) atoms. The van der Waals surface area contributed by atoms with E-state index in [0.29, 0.717) is 67.0 Å². The lowest BCUT2D eigenvalue weighted by Gasteiger charge is -2.41. The second kappa shape index (κ2) is 18.4. The Labute approximate surface area is 307 Å². The Hall–Kier alpha value is -5.31. The van der Waals surface area contributed by atoms with E-state index < -0.39 is 48.0 Å². The van der Waals surface area contributed by atoms with Crippen LogP contribution in [0.25, 0.3) is 0 Å². The van der Waals surface area contributed by atoms with Gasteiger partial charge in [-0.1, -0.05) is 56.8 Å². The Bertz CT molecular complexity index is 1840. The largest absolute Gasteiger partial charge is 0.416 e. The number of para-hydroxylation sites is 1. The number of nitrogens with two attached hydrogens (primary N) is 1. The van der Waals surface area contributed by atoms with Crippen LogP contribution in [0.4, 0.5) is 24.5 Å². The predicted octanol–water partition coefficient (Wildman–Crippen LogP) is 5.24. The number of rotatable bonds is 10. The van der Waals surface area contributed by atoms with E-state index in [4.69, 9.17) is 15.5 Å². The fourth-order valence-electron chi connectivity index (χ4n) is 6.04. The van der Waals surface area contributed by atoms with Crippen molar-refractivity contribution >= 4 is 34.9 Å². The summed E-state index contributed by atoms with van der Waals surface area (Å²) in [5.41, 5.74) is 7.37. The van der Waals surface area contributed by atoms with Gasteiger partial charge in [-0.25, -0.2) is 4.99 Å². The van der Waals surface area contributed by atoms with Crippen molar-refractivity contribution < 1.29 is 37.4 Å². The molecule has 0 saturated carbocycles. The van der Waals surface area contributed by atoms with Crippen molar-refractivity contribution in [1.82, 2.24) is 15.1 Å². The number of anilines is 1. The van der Waals surface area contributed by atoms with Crippen molar-refractivity contribution in [2.24, 2.45) is 10.7 Å². The Balaban J connectivity index is 0.00000308. The van der Waals surface area contributed by atoms with Gasteiger partial charge in [-0.2, -0.15) is 13.2 Å². The number of halogens is 3. The molecule has 2 unspecified atom stereocenters. The van der Waals surface area contributed by atoms with Crippen molar-refractivity contribution in [3.05, 3.63) is 119 Å². The number of piperidine rings is 1. The molecule has 14 heteroatoms. The number of nitrogens with zero attached hydrogens (tertiary/aromatic N) is 3. The molecule has 5 rings (SSSR count). The maximum atomic E-state index is 14.4. The number of aliphatic hydroxyl groups is 1. The number of hydrogen-bond acceptors (Lipinski definition) is 8. The third kappa shape index (κ3) is 10.2. The van der Waals surface area contributed by atoms with Crippen LogP contribution in [-0.4, -0.2) is 90.5 Å². The quantitative estimate of drug-likeness (QED) is 0.208. The van der Waals surface area contributed by atoms with Gasteiger partial charge in [0.1, 0.15) is 11.9 Å². The number of ether oxygens (including phenoxy) is 1. The van der Waals surface area contributed by atoms with Crippen LogP contribution < -0.4 is 16.4 Å². The number of amides is 3. The monoisotopic (exact) mass is 734 g/mol.